The van der Waals surface area contributed by atoms with Gasteiger partial charge in [0.2, 0.25) is 11.9 Å². The normalized spacial score (nSPS) is 10.8. The highest BCUT2D eigenvalue weighted by atomic mass is 35.5. The van der Waals surface area contributed by atoms with Crippen LogP contribution in [0.15, 0.2) is 66.7 Å². The van der Waals surface area contributed by atoms with Crippen LogP contribution in [0.2, 0.25) is 5.02 Å². The standard InChI is InChI=1S/C26H24ClN5O3/c1-16-14-18(8-10-20(16)27)24(34)30-26-29-21-15-19(9-11-22(21)32(26)13-12-23(28)33)31(2)25(35)17-6-4-3-5-7-17/h3-11,14-15H,12-13H2,1-2H3,(H2,28,33)(H,29,30,34). The van der Waals surface area contributed by atoms with Crippen molar-refractivity contribution in [1.29, 1.82) is 0 Å². The Morgan fingerprint density at radius 1 is 1.03 bits per heavy atom. The lowest BCUT2D eigenvalue weighted by Gasteiger charge is -2.17. The number of primary amides is 1. The fourth-order valence-electron chi connectivity index (χ4n) is 3.72. The number of anilines is 2. The van der Waals surface area contributed by atoms with Crippen molar-refractivity contribution in [2.24, 2.45) is 5.73 Å². The summed E-state index contributed by atoms with van der Waals surface area (Å²) >= 11 is 6.08. The number of hydrogen-bond donors (Lipinski definition) is 2. The third-order valence-electron chi connectivity index (χ3n) is 5.67. The SMILES string of the molecule is Cc1cc(C(=O)Nc2nc3cc(N(C)C(=O)c4ccccc4)ccc3n2CCC(N)=O)ccc1Cl. The van der Waals surface area contributed by atoms with Crippen LogP contribution in [-0.4, -0.2) is 34.3 Å². The molecule has 0 spiro atoms. The highest BCUT2D eigenvalue weighted by molar-refractivity contribution is 6.31. The van der Waals surface area contributed by atoms with Crippen LogP contribution in [0.5, 0.6) is 0 Å². The second kappa shape index (κ2) is 9.99. The van der Waals surface area contributed by atoms with Crippen molar-refractivity contribution in [3.63, 3.8) is 0 Å². The number of nitrogens with one attached hydrogen (secondary N) is 1. The minimum absolute atomic E-state index is 0.0720. The molecule has 3 amide bonds. The number of rotatable bonds is 7. The van der Waals surface area contributed by atoms with E-state index >= 15 is 0 Å². The Labute approximate surface area is 207 Å². The summed E-state index contributed by atoms with van der Waals surface area (Å²) in [6.45, 7) is 2.05. The third kappa shape index (κ3) is 5.17. The first-order valence-corrected chi connectivity index (χ1v) is 11.3. The number of aryl methyl sites for hydroxylation is 2. The Bertz CT molecular complexity index is 1430. The van der Waals surface area contributed by atoms with E-state index in [-0.39, 0.29) is 30.7 Å². The molecule has 9 heteroatoms. The van der Waals surface area contributed by atoms with Crippen LogP contribution in [0.25, 0.3) is 11.0 Å². The van der Waals surface area contributed by atoms with Gasteiger partial charge in [-0.25, -0.2) is 4.98 Å². The molecule has 0 unspecified atom stereocenters. The first kappa shape index (κ1) is 24.0. The number of nitrogens with zero attached hydrogens (tertiary/aromatic N) is 3. The maximum absolute atomic E-state index is 12.9. The summed E-state index contributed by atoms with van der Waals surface area (Å²) in [4.78, 5) is 43.4. The molecule has 4 aromatic rings. The Kier molecular flexibility index (Phi) is 6.84. The van der Waals surface area contributed by atoms with E-state index in [1.54, 1.807) is 60.1 Å². The first-order valence-electron chi connectivity index (χ1n) is 10.9. The van der Waals surface area contributed by atoms with Crippen LogP contribution >= 0.6 is 11.6 Å². The van der Waals surface area contributed by atoms with E-state index in [1.165, 1.54) is 4.90 Å². The Balaban J connectivity index is 1.68. The van der Waals surface area contributed by atoms with Gasteiger partial charge in [0, 0.05) is 41.9 Å². The molecule has 35 heavy (non-hydrogen) atoms. The minimum Gasteiger partial charge on any atom is -0.370 e. The quantitative estimate of drug-likeness (QED) is 0.400. The van der Waals surface area contributed by atoms with E-state index in [1.807, 2.05) is 25.1 Å². The molecule has 1 aromatic heterocycles. The lowest BCUT2D eigenvalue weighted by molar-refractivity contribution is -0.118. The van der Waals surface area contributed by atoms with Crippen molar-refractivity contribution in [3.8, 4) is 0 Å². The van der Waals surface area contributed by atoms with Gasteiger partial charge in [-0.3, -0.25) is 19.7 Å². The Hall–Kier alpha value is -4.17. The molecule has 0 aliphatic heterocycles. The van der Waals surface area contributed by atoms with Gasteiger partial charge in [-0.1, -0.05) is 29.8 Å². The maximum Gasteiger partial charge on any atom is 0.258 e. The maximum atomic E-state index is 12.9. The van der Waals surface area contributed by atoms with E-state index in [0.717, 1.165) is 5.56 Å². The zero-order valence-electron chi connectivity index (χ0n) is 19.3. The second-order valence-corrected chi connectivity index (χ2v) is 8.53. The summed E-state index contributed by atoms with van der Waals surface area (Å²) in [5.41, 5.74) is 9.01. The van der Waals surface area contributed by atoms with E-state index in [4.69, 9.17) is 17.3 Å². The van der Waals surface area contributed by atoms with Gasteiger partial charge < -0.3 is 15.2 Å². The van der Waals surface area contributed by atoms with Crippen molar-refractivity contribution in [1.82, 2.24) is 9.55 Å². The average Bonchev–Trinajstić information content (AvgIpc) is 3.19. The molecule has 0 radical (unpaired) electrons. The zero-order chi connectivity index (χ0) is 25.1. The third-order valence-corrected chi connectivity index (χ3v) is 6.10. The summed E-state index contributed by atoms with van der Waals surface area (Å²) in [5, 5.41) is 3.39. The van der Waals surface area contributed by atoms with E-state index in [0.29, 0.717) is 32.9 Å². The predicted octanol–water partition coefficient (Wildman–Crippen LogP) is 4.40. The molecule has 0 bridgehead atoms. The van der Waals surface area contributed by atoms with Crippen LogP contribution in [0.3, 0.4) is 0 Å². The van der Waals surface area contributed by atoms with E-state index < -0.39 is 5.91 Å². The number of amides is 3. The summed E-state index contributed by atoms with van der Waals surface area (Å²) in [6, 6.07) is 19.3. The zero-order valence-corrected chi connectivity index (χ0v) is 20.0. The molecule has 0 saturated carbocycles. The van der Waals surface area contributed by atoms with Crippen LogP contribution in [-0.2, 0) is 11.3 Å². The van der Waals surface area contributed by atoms with E-state index in [2.05, 4.69) is 10.3 Å². The number of benzene rings is 3. The van der Waals surface area contributed by atoms with Gasteiger partial charge in [0.1, 0.15) is 0 Å². The minimum atomic E-state index is -0.470. The molecule has 0 atom stereocenters. The molecular weight excluding hydrogens is 466 g/mol. The first-order chi connectivity index (χ1) is 16.7. The fraction of sp³-hybridized carbons (Fsp3) is 0.154. The van der Waals surface area contributed by atoms with Crippen molar-refractivity contribution >= 4 is 52.0 Å². The summed E-state index contributed by atoms with van der Waals surface area (Å²) in [5.74, 6) is -0.725. The molecule has 0 fully saturated rings. The largest absolute Gasteiger partial charge is 0.370 e. The lowest BCUT2D eigenvalue weighted by Crippen LogP contribution is -2.26. The fourth-order valence-corrected chi connectivity index (χ4v) is 3.84. The highest BCUT2D eigenvalue weighted by Gasteiger charge is 2.18. The van der Waals surface area contributed by atoms with Crippen molar-refractivity contribution in [2.75, 3.05) is 17.3 Å². The predicted molar refractivity (Wildman–Crippen MR) is 137 cm³/mol. The molecule has 8 nitrogen and oxygen atoms in total. The number of carbonyl (C=O) groups excluding carboxylic acids is 3. The van der Waals surface area contributed by atoms with Gasteiger partial charge in [-0.05, 0) is 61.0 Å². The summed E-state index contributed by atoms with van der Waals surface area (Å²) in [6.07, 6.45) is 0.0720. The van der Waals surface area contributed by atoms with Crippen molar-refractivity contribution in [2.45, 2.75) is 19.9 Å². The summed E-state index contributed by atoms with van der Waals surface area (Å²) in [7, 11) is 1.69. The number of aromatic nitrogens is 2. The molecule has 3 N–H and O–H groups in total. The molecule has 0 aliphatic rings. The Morgan fingerprint density at radius 3 is 2.46 bits per heavy atom. The second-order valence-electron chi connectivity index (χ2n) is 8.12. The van der Waals surface area contributed by atoms with Gasteiger partial charge >= 0.3 is 0 Å². The summed E-state index contributed by atoms with van der Waals surface area (Å²) < 4.78 is 1.73. The number of fused-ring (bicyclic) bond motifs is 1. The van der Waals surface area contributed by atoms with Crippen molar-refractivity contribution in [3.05, 3.63) is 88.4 Å². The topological polar surface area (TPSA) is 110 Å². The molecular formula is C26H24ClN5O3. The Morgan fingerprint density at radius 2 is 1.77 bits per heavy atom. The smallest absolute Gasteiger partial charge is 0.258 e. The molecule has 3 aromatic carbocycles. The van der Waals surface area contributed by atoms with Crippen LogP contribution in [0.4, 0.5) is 11.6 Å². The molecule has 1 heterocycles. The van der Waals surface area contributed by atoms with E-state index in [9.17, 15) is 14.4 Å². The number of halogens is 1. The molecule has 0 aliphatic carbocycles. The van der Waals surface area contributed by atoms with Crippen molar-refractivity contribution < 1.29 is 14.4 Å². The average molecular weight is 490 g/mol. The van der Waals surface area contributed by atoms with Gasteiger partial charge in [0.25, 0.3) is 11.8 Å². The monoisotopic (exact) mass is 489 g/mol. The number of nitrogens with two attached hydrogens (primary N) is 1. The number of carbonyl (C=O) groups is 3. The molecule has 0 saturated heterocycles. The van der Waals surface area contributed by atoms with Crippen LogP contribution in [0, 0.1) is 6.92 Å². The van der Waals surface area contributed by atoms with Gasteiger partial charge in [-0.2, -0.15) is 0 Å². The van der Waals surface area contributed by atoms with Gasteiger partial charge in [-0.15, -0.1) is 0 Å². The highest BCUT2D eigenvalue weighted by Crippen LogP contribution is 2.26. The number of hydrogen-bond acceptors (Lipinski definition) is 4. The van der Waals surface area contributed by atoms with Gasteiger partial charge in [0.15, 0.2) is 0 Å². The lowest BCUT2D eigenvalue weighted by atomic mass is 10.1. The molecule has 178 valence electrons. The van der Waals surface area contributed by atoms with Gasteiger partial charge in [0.05, 0.1) is 11.0 Å². The van der Waals surface area contributed by atoms with Crippen LogP contribution < -0.4 is 16.0 Å². The number of imidazole rings is 1. The molecule has 4 rings (SSSR count). The van der Waals surface area contributed by atoms with Crippen LogP contribution in [0.1, 0.15) is 32.7 Å².